The molecule has 0 aliphatic heterocycles. The minimum atomic E-state index is -0.540. The van der Waals surface area contributed by atoms with E-state index in [1.165, 1.54) is 0 Å². The lowest BCUT2D eigenvalue weighted by Crippen LogP contribution is -2.10. The largest absolute Gasteiger partial charge is 0.362 e. The molecule has 0 heterocycles. The van der Waals surface area contributed by atoms with Gasteiger partial charge in [-0.2, -0.15) is 0 Å². The Labute approximate surface area is 183 Å². The third-order valence-corrected chi connectivity index (χ3v) is 4.71. The number of carbonyl (C=O) groups is 2. The van der Waals surface area contributed by atoms with Crippen molar-refractivity contribution in [3.63, 3.8) is 0 Å². The number of rotatable bonds is 5. The van der Waals surface area contributed by atoms with Gasteiger partial charge in [0.1, 0.15) is 0 Å². The molecule has 1 amide bonds. The monoisotopic (exact) mass is 429 g/mol. The summed E-state index contributed by atoms with van der Waals surface area (Å²) >= 11 is 5.80. The molecule has 0 spiro atoms. The Morgan fingerprint density at radius 3 is 2.19 bits per heavy atom. The molecule has 1 N–H and O–H groups in total. The predicted molar refractivity (Wildman–Crippen MR) is 120 cm³/mol. The number of fused-ring (bicyclic) bond motifs is 1. The van der Waals surface area contributed by atoms with E-state index in [1.54, 1.807) is 60.7 Å². The number of carbonyl (C=O) groups excluding carboxylic acids is 2. The maximum absolute atomic E-state index is 12.3. The third kappa shape index (κ3) is 5.12. The summed E-state index contributed by atoms with van der Waals surface area (Å²) < 4.78 is 0. The predicted octanol–water partition coefficient (Wildman–Crippen LogP) is 6.60. The molecule has 0 aliphatic rings. The van der Waals surface area contributed by atoms with Crippen molar-refractivity contribution >= 4 is 45.6 Å². The van der Waals surface area contributed by atoms with E-state index in [0.717, 1.165) is 10.8 Å². The summed E-state index contributed by atoms with van der Waals surface area (Å²) in [6, 6.07) is 26.1. The van der Waals surface area contributed by atoms with E-state index in [1.807, 2.05) is 30.3 Å². The number of nitrogens with one attached hydrogen (secondary N) is 1. The Bertz CT molecular complexity index is 1270. The van der Waals surface area contributed by atoms with Crippen LogP contribution in [0.1, 0.15) is 20.7 Å². The van der Waals surface area contributed by atoms with E-state index in [-0.39, 0.29) is 0 Å². The highest BCUT2D eigenvalue weighted by molar-refractivity contribution is 6.30. The molecule has 7 heteroatoms. The molecule has 0 aromatic heterocycles. The van der Waals surface area contributed by atoms with Crippen LogP contribution in [0.2, 0.25) is 5.02 Å². The highest BCUT2D eigenvalue weighted by Crippen LogP contribution is 2.20. The lowest BCUT2D eigenvalue weighted by Gasteiger charge is -2.07. The van der Waals surface area contributed by atoms with E-state index in [9.17, 15) is 9.59 Å². The third-order valence-electron chi connectivity index (χ3n) is 4.46. The second kappa shape index (κ2) is 9.19. The molecule has 0 aliphatic carbocycles. The molecule has 0 unspecified atom stereocenters. The van der Waals surface area contributed by atoms with Crippen molar-refractivity contribution in [2.75, 3.05) is 5.48 Å². The molecule has 0 saturated heterocycles. The van der Waals surface area contributed by atoms with Crippen LogP contribution in [0.15, 0.2) is 101 Å². The molecule has 31 heavy (non-hydrogen) atoms. The van der Waals surface area contributed by atoms with E-state index in [4.69, 9.17) is 16.4 Å². The van der Waals surface area contributed by atoms with Crippen molar-refractivity contribution in [2.45, 2.75) is 0 Å². The molecule has 0 radical (unpaired) electrons. The summed E-state index contributed by atoms with van der Waals surface area (Å²) in [6.45, 7) is 0. The van der Waals surface area contributed by atoms with Gasteiger partial charge in [-0.15, -0.1) is 10.2 Å². The standard InChI is InChI=1S/C24H16ClN3O3/c25-20-9-7-17(8-10-20)24(30)31-28-22-13-11-21(12-14-22)26-27-23(29)19-6-5-16-3-1-2-4-18(16)15-19/h1-15,28H. The molecular weight excluding hydrogens is 414 g/mol. The molecule has 4 aromatic rings. The summed E-state index contributed by atoms with van der Waals surface area (Å²) in [7, 11) is 0. The van der Waals surface area contributed by atoms with E-state index in [2.05, 4.69) is 15.7 Å². The number of hydrogen-bond donors (Lipinski definition) is 1. The molecule has 4 rings (SSSR count). The zero-order valence-corrected chi connectivity index (χ0v) is 16.9. The number of nitrogens with zero attached hydrogens (tertiary/aromatic N) is 2. The normalized spacial score (nSPS) is 10.9. The van der Waals surface area contributed by atoms with Gasteiger partial charge in [0.25, 0.3) is 5.91 Å². The van der Waals surface area contributed by atoms with E-state index in [0.29, 0.717) is 27.5 Å². The van der Waals surface area contributed by atoms with Crippen molar-refractivity contribution in [2.24, 2.45) is 10.2 Å². The average Bonchev–Trinajstić information content (AvgIpc) is 2.81. The van der Waals surface area contributed by atoms with E-state index < -0.39 is 11.9 Å². The van der Waals surface area contributed by atoms with Crippen LogP contribution in [-0.4, -0.2) is 11.9 Å². The zero-order chi connectivity index (χ0) is 21.6. The fraction of sp³-hybridized carbons (Fsp3) is 0. The summed E-state index contributed by atoms with van der Waals surface area (Å²) in [5.41, 5.74) is 4.44. The highest BCUT2D eigenvalue weighted by atomic mass is 35.5. The molecule has 4 aromatic carbocycles. The lowest BCUT2D eigenvalue weighted by atomic mass is 10.1. The fourth-order valence-corrected chi connectivity index (χ4v) is 2.96. The average molecular weight is 430 g/mol. The van der Waals surface area contributed by atoms with E-state index >= 15 is 0 Å². The Hall–Kier alpha value is -4.03. The quantitative estimate of drug-likeness (QED) is 0.286. The van der Waals surface area contributed by atoms with Gasteiger partial charge in [-0.25, -0.2) is 10.3 Å². The van der Waals surface area contributed by atoms with Gasteiger partial charge in [0.05, 0.1) is 16.9 Å². The maximum Gasteiger partial charge on any atom is 0.362 e. The molecule has 152 valence electrons. The van der Waals surface area contributed by atoms with Crippen LogP contribution in [0.3, 0.4) is 0 Å². The van der Waals surface area contributed by atoms with Crippen LogP contribution in [-0.2, 0) is 4.84 Å². The van der Waals surface area contributed by atoms with Gasteiger partial charge in [0.2, 0.25) is 0 Å². The molecular formula is C24H16ClN3O3. The van der Waals surface area contributed by atoms with Crippen LogP contribution < -0.4 is 5.48 Å². The molecule has 0 fully saturated rings. The minimum absolute atomic E-state index is 0.370. The smallest absolute Gasteiger partial charge is 0.338 e. The van der Waals surface area contributed by atoms with Crippen molar-refractivity contribution in [1.82, 2.24) is 0 Å². The molecule has 0 bridgehead atoms. The Kier molecular flexibility index (Phi) is 6.01. The second-order valence-corrected chi connectivity index (χ2v) is 7.05. The first-order valence-electron chi connectivity index (χ1n) is 9.36. The van der Waals surface area contributed by atoms with Gasteiger partial charge >= 0.3 is 5.97 Å². The number of amides is 1. The van der Waals surface area contributed by atoms with Gasteiger partial charge in [0.15, 0.2) is 0 Å². The molecule has 0 atom stereocenters. The summed E-state index contributed by atoms with van der Waals surface area (Å²) in [5.74, 6) is -0.966. The second-order valence-electron chi connectivity index (χ2n) is 6.61. The number of anilines is 1. The number of benzene rings is 4. The Morgan fingerprint density at radius 2 is 1.45 bits per heavy atom. The number of hydrogen-bond acceptors (Lipinski definition) is 5. The summed E-state index contributed by atoms with van der Waals surface area (Å²) in [4.78, 5) is 29.4. The van der Waals surface area contributed by atoms with Gasteiger partial charge in [0, 0.05) is 10.6 Å². The van der Waals surface area contributed by atoms with Crippen molar-refractivity contribution in [3.05, 3.63) is 107 Å². The Morgan fingerprint density at radius 1 is 0.774 bits per heavy atom. The molecule has 0 saturated carbocycles. The van der Waals surface area contributed by atoms with Gasteiger partial charge < -0.3 is 4.84 Å². The topological polar surface area (TPSA) is 80.1 Å². The van der Waals surface area contributed by atoms with Crippen molar-refractivity contribution in [1.29, 1.82) is 0 Å². The summed E-state index contributed by atoms with van der Waals surface area (Å²) in [5, 5.41) is 10.3. The first-order valence-corrected chi connectivity index (χ1v) is 9.74. The number of halogens is 1. The minimum Gasteiger partial charge on any atom is -0.338 e. The lowest BCUT2D eigenvalue weighted by molar-refractivity contribution is 0.0596. The van der Waals surface area contributed by atoms with Crippen LogP contribution in [0.25, 0.3) is 10.8 Å². The van der Waals surface area contributed by atoms with Gasteiger partial charge in [-0.1, -0.05) is 41.9 Å². The van der Waals surface area contributed by atoms with Crippen molar-refractivity contribution in [3.8, 4) is 0 Å². The van der Waals surface area contributed by atoms with Crippen LogP contribution in [0.5, 0.6) is 0 Å². The summed E-state index contributed by atoms with van der Waals surface area (Å²) in [6.07, 6.45) is 0. The van der Waals surface area contributed by atoms with Gasteiger partial charge in [-0.3, -0.25) is 4.79 Å². The molecule has 6 nitrogen and oxygen atoms in total. The van der Waals surface area contributed by atoms with Crippen LogP contribution in [0.4, 0.5) is 11.4 Å². The maximum atomic E-state index is 12.3. The highest BCUT2D eigenvalue weighted by Gasteiger charge is 2.08. The fourth-order valence-electron chi connectivity index (χ4n) is 2.83. The van der Waals surface area contributed by atoms with Gasteiger partial charge in [-0.05, 0) is 71.4 Å². The van der Waals surface area contributed by atoms with Crippen LogP contribution >= 0.6 is 11.6 Å². The first kappa shape index (κ1) is 20.3. The zero-order valence-electron chi connectivity index (χ0n) is 16.2. The number of azo groups is 1. The van der Waals surface area contributed by atoms with Crippen molar-refractivity contribution < 1.29 is 14.4 Å². The Balaban J connectivity index is 1.36. The van der Waals surface area contributed by atoms with Crippen LogP contribution in [0, 0.1) is 0 Å². The first-order chi connectivity index (χ1) is 15.1. The SMILES string of the molecule is O=C(N=Nc1ccc(NOC(=O)c2ccc(Cl)cc2)cc1)c1ccc2ccccc2c1.